The Bertz CT molecular complexity index is 506. The van der Waals surface area contributed by atoms with Crippen LogP contribution in [0.5, 0.6) is 11.5 Å². The van der Waals surface area contributed by atoms with E-state index in [1.807, 2.05) is 26.1 Å². The van der Waals surface area contributed by atoms with E-state index in [1.54, 1.807) is 13.2 Å². The summed E-state index contributed by atoms with van der Waals surface area (Å²) in [7, 11) is 1.64. The molecule has 0 bridgehead atoms. The number of methoxy groups -OCH3 is 1. The van der Waals surface area contributed by atoms with E-state index in [4.69, 9.17) is 9.47 Å². The van der Waals surface area contributed by atoms with E-state index in [0.29, 0.717) is 6.61 Å². The highest BCUT2D eigenvalue weighted by Crippen LogP contribution is 2.38. The molecule has 1 aromatic carbocycles. The van der Waals surface area contributed by atoms with E-state index < -0.39 is 0 Å². The molecule has 0 spiro atoms. The smallest absolute Gasteiger partial charge is 0.131 e. The largest absolute Gasteiger partial charge is 0.496 e. The minimum atomic E-state index is 0.602. The van der Waals surface area contributed by atoms with Crippen molar-refractivity contribution in [2.75, 3.05) is 13.7 Å². The number of ether oxygens (including phenoxy) is 2. The number of hydrogen-bond donors (Lipinski definition) is 1. The molecule has 2 rings (SSSR count). The lowest BCUT2D eigenvalue weighted by Gasteiger charge is -2.13. The van der Waals surface area contributed by atoms with Gasteiger partial charge in [-0.15, -0.1) is 0 Å². The van der Waals surface area contributed by atoms with Crippen molar-refractivity contribution in [2.45, 2.75) is 13.8 Å². The van der Waals surface area contributed by atoms with E-state index in [9.17, 15) is 0 Å². The molecule has 0 saturated heterocycles. The maximum Gasteiger partial charge on any atom is 0.131 e. The molecule has 0 amide bonds. The van der Waals surface area contributed by atoms with Crippen molar-refractivity contribution in [3.63, 3.8) is 0 Å². The van der Waals surface area contributed by atoms with Crippen molar-refractivity contribution in [2.24, 2.45) is 0 Å². The number of aryl methyl sites for hydroxylation is 1. The van der Waals surface area contributed by atoms with Gasteiger partial charge in [0, 0.05) is 11.8 Å². The predicted molar refractivity (Wildman–Crippen MR) is 65.3 cm³/mol. The van der Waals surface area contributed by atoms with Crippen LogP contribution in [0.25, 0.3) is 11.1 Å². The molecule has 17 heavy (non-hydrogen) atoms. The molecule has 1 radical (unpaired) electrons. The molecule has 0 atom stereocenters. The van der Waals surface area contributed by atoms with Crippen molar-refractivity contribution < 1.29 is 9.47 Å². The Morgan fingerprint density at radius 3 is 2.71 bits per heavy atom. The molecular weight excluding hydrogens is 216 g/mol. The topological polar surface area (TPSA) is 47.1 Å². The van der Waals surface area contributed by atoms with Crippen molar-refractivity contribution in [1.82, 2.24) is 10.2 Å². The summed E-state index contributed by atoms with van der Waals surface area (Å²) in [6.45, 7) is 4.49. The van der Waals surface area contributed by atoms with Gasteiger partial charge in [-0.25, -0.2) is 0 Å². The number of nitrogens with one attached hydrogen (secondary N) is 1. The van der Waals surface area contributed by atoms with Crippen molar-refractivity contribution in [3.05, 3.63) is 30.1 Å². The third kappa shape index (κ3) is 2.11. The Morgan fingerprint density at radius 2 is 2.12 bits per heavy atom. The minimum Gasteiger partial charge on any atom is -0.496 e. The lowest BCUT2D eigenvalue weighted by molar-refractivity contribution is 0.338. The van der Waals surface area contributed by atoms with Crippen LogP contribution in [-0.4, -0.2) is 23.9 Å². The summed E-state index contributed by atoms with van der Waals surface area (Å²) in [5.41, 5.74) is 2.81. The second-order valence-corrected chi connectivity index (χ2v) is 3.58. The molecule has 1 heterocycles. The van der Waals surface area contributed by atoms with Gasteiger partial charge in [0.25, 0.3) is 0 Å². The molecule has 1 aromatic heterocycles. The zero-order valence-electron chi connectivity index (χ0n) is 10.2. The highest BCUT2D eigenvalue weighted by Gasteiger charge is 2.15. The second-order valence-electron chi connectivity index (χ2n) is 3.58. The quantitative estimate of drug-likeness (QED) is 0.879. The molecule has 0 saturated carbocycles. The van der Waals surface area contributed by atoms with E-state index >= 15 is 0 Å². The molecule has 4 nitrogen and oxygen atoms in total. The number of rotatable bonds is 4. The molecule has 1 N–H and O–H groups in total. The van der Waals surface area contributed by atoms with Gasteiger partial charge in [-0.1, -0.05) is 0 Å². The fourth-order valence-electron chi connectivity index (χ4n) is 1.77. The van der Waals surface area contributed by atoms with Crippen LogP contribution in [0.15, 0.2) is 18.3 Å². The van der Waals surface area contributed by atoms with Crippen LogP contribution in [-0.2, 0) is 0 Å². The lowest BCUT2D eigenvalue weighted by atomic mass is 10.0. The molecule has 0 aliphatic heterocycles. The third-order valence-corrected chi connectivity index (χ3v) is 2.54. The monoisotopic (exact) mass is 231 g/mol. The summed E-state index contributed by atoms with van der Waals surface area (Å²) < 4.78 is 11.0. The Labute approximate surface area is 101 Å². The van der Waals surface area contributed by atoms with Gasteiger partial charge in [0.1, 0.15) is 11.5 Å². The number of aromatic amines is 1. The maximum atomic E-state index is 5.61. The predicted octanol–water partition coefficient (Wildman–Crippen LogP) is 2.59. The summed E-state index contributed by atoms with van der Waals surface area (Å²) >= 11 is 0. The number of aromatic nitrogens is 2. The van der Waals surface area contributed by atoms with E-state index in [0.717, 1.165) is 28.3 Å². The molecule has 89 valence electrons. The van der Waals surface area contributed by atoms with Crippen LogP contribution >= 0.6 is 0 Å². The SMILES string of the molecule is CCOc1c[c]cc(OC)c1-c1c[nH]nc1C. The van der Waals surface area contributed by atoms with E-state index in [-0.39, 0.29) is 0 Å². The minimum absolute atomic E-state index is 0.602. The molecule has 0 fully saturated rings. The van der Waals surface area contributed by atoms with Crippen LogP contribution in [0.4, 0.5) is 0 Å². The Balaban J connectivity index is 2.60. The van der Waals surface area contributed by atoms with Gasteiger partial charge in [0.05, 0.1) is 25.0 Å². The fraction of sp³-hybridized carbons (Fsp3) is 0.308. The van der Waals surface area contributed by atoms with Crippen molar-refractivity contribution >= 4 is 0 Å². The molecule has 0 unspecified atom stereocenters. The molecular formula is C13H15N2O2. The van der Waals surface area contributed by atoms with Gasteiger partial charge < -0.3 is 9.47 Å². The lowest BCUT2D eigenvalue weighted by Crippen LogP contribution is -1.97. The van der Waals surface area contributed by atoms with E-state index in [1.165, 1.54) is 0 Å². The molecule has 0 aliphatic carbocycles. The summed E-state index contributed by atoms with van der Waals surface area (Å²) in [6.07, 6.45) is 1.84. The first-order valence-electron chi connectivity index (χ1n) is 5.49. The summed E-state index contributed by atoms with van der Waals surface area (Å²) in [6, 6.07) is 6.62. The molecule has 0 aliphatic rings. The third-order valence-electron chi connectivity index (χ3n) is 2.54. The van der Waals surface area contributed by atoms with Gasteiger partial charge in [-0.2, -0.15) is 5.10 Å². The maximum absolute atomic E-state index is 5.61. The fourth-order valence-corrected chi connectivity index (χ4v) is 1.77. The van der Waals surface area contributed by atoms with Gasteiger partial charge in [-0.3, -0.25) is 5.10 Å². The van der Waals surface area contributed by atoms with Gasteiger partial charge in [-0.05, 0) is 32.0 Å². The van der Waals surface area contributed by atoms with Crippen molar-refractivity contribution in [1.29, 1.82) is 0 Å². The average molecular weight is 231 g/mol. The number of H-pyrrole nitrogens is 1. The summed E-state index contributed by atoms with van der Waals surface area (Å²) in [5.74, 6) is 1.50. The first kappa shape index (κ1) is 11.5. The highest BCUT2D eigenvalue weighted by atomic mass is 16.5. The Hall–Kier alpha value is -1.97. The van der Waals surface area contributed by atoms with Crippen molar-refractivity contribution in [3.8, 4) is 22.6 Å². The van der Waals surface area contributed by atoms with Gasteiger partial charge >= 0.3 is 0 Å². The van der Waals surface area contributed by atoms with Crippen LogP contribution in [0, 0.1) is 13.0 Å². The number of benzene rings is 1. The summed E-state index contributed by atoms with van der Waals surface area (Å²) in [4.78, 5) is 0. The average Bonchev–Trinajstić information content (AvgIpc) is 2.75. The van der Waals surface area contributed by atoms with Crippen LogP contribution in [0.1, 0.15) is 12.6 Å². The van der Waals surface area contributed by atoms with Crippen LogP contribution in [0.2, 0.25) is 0 Å². The molecule has 4 heteroatoms. The standard InChI is InChI=1S/C13H15N2O2/c1-4-17-12-7-5-6-11(16-3)13(12)10-8-14-15-9(10)2/h6-8H,4H2,1-3H3,(H,14,15). The van der Waals surface area contributed by atoms with E-state index in [2.05, 4.69) is 16.3 Å². The second kappa shape index (κ2) is 4.91. The summed E-state index contributed by atoms with van der Waals surface area (Å²) in [5, 5.41) is 6.97. The number of hydrogen-bond acceptors (Lipinski definition) is 3. The first-order valence-corrected chi connectivity index (χ1v) is 5.49. The zero-order valence-corrected chi connectivity index (χ0v) is 10.2. The highest BCUT2D eigenvalue weighted by molar-refractivity contribution is 5.77. The normalized spacial score (nSPS) is 10.3. The molecule has 2 aromatic rings. The Kier molecular flexibility index (Phi) is 3.32. The van der Waals surface area contributed by atoms with Crippen LogP contribution in [0.3, 0.4) is 0 Å². The van der Waals surface area contributed by atoms with Gasteiger partial charge in [0.15, 0.2) is 0 Å². The first-order chi connectivity index (χ1) is 8.27. The Morgan fingerprint density at radius 1 is 1.35 bits per heavy atom. The van der Waals surface area contributed by atoms with Gasteiger partial charge in [0.2, 0.25) is 0 Å². The zero-order chi connectivity index (χ0) is 12.3. The number of nitrogens with zero attached hydrogens (tertiary/aromatic N) is 1. The van der Waals surface area contributed by atoms with Crippen LogP contribution < -0.4 is 9.47 Å².